The van der Waals surface area contributed by atoms with E-state index in [1.54, 1.807) is 0 Å². The van der Waals surface area contributed by atoms with E-state index in [4.69, 9.17) is 24.4 Å². The third-order valence-electron chi connectivity index (χ3n) is 3.65. The highest BCUT2D eigenvalue weighted by Crippen LogP contribution is 2.17. The van der Waals surface area contributed by atoms with Gasteiger partial charge in [-0.1, -0.05) is 27.7 Å². The van der Waals surface area contributed by atoms with Crippen molar-refractivity contribution < 1.29 is 43.6 Å². The molecule has 0 amide bonds. The Balaban J connectivity index is 0. The first-order valence-corrected chi connectivity index (χ1v) is 10.6. The lowest BCUT2D eigenvalue weighted by molar-refractivity contribution is -0.182. The molecule has 1 fully saturated rings. The van der Waals surface area contributed by atoms with Gasteiger partial charge in [-0.3, -0.25) is 19.2 Å². The minimum atomic E-state index is -0.711. The molecule has 0 aromatic rings. The van der Waals surface area contributed by atoms with E-state index in [1.165, 1.54) is 0 Å². The van der Waals surface area contributed by atoms with Crippen LogP contribution in [0.25, 0.3) is 0 Å². The Bertz CT molecular complexity index is 447. The van der Waals surface area contributed by atoms with E-state index in [9.17, 15) is 19.2 Å². The Hall–Kier alpha value is -2.16. The van der Waals surface area contributed by atoms with Crippen molar-refractivity contribution in [2.24, 2.45) is 0 Å². The minimum Gasteiger partial charge on any atom is -0.481 e. The second kappa shape index (κ2) is 20.1. The summed E-state index contributed by atoms with van der Waals surface area (Å²) in [6.45, 7) is 8.36. The van der Waals surface area contributed by atoms with Crippen molar-refractivity contribution in [2.75, 3.05) is 13.2 Å². The van der Waals surface area contributed by atoms with Gasteiger partial charge in [-0.05, 0) is 25.7 Å². The van der Waals surface area contributed by atoms with Crippen LogP contribution < -0.4 is 0 Å². The van der Waals surface area contributed by atoms with Gasteiger partial charge in [0, 0.05) is 32.1 Å². The first kappa shape index (κ1) is 30.0. The smallest absolute Gasteiger partial charge is 0.306 e. The van der Waals surface area contributed by atoms with E-state index in [0.29, 0.717) is 45.3 Å². The number of carbonyl (C=O) groups is 4. The summed E-state index contributed by atoms with van der Waals surface area (Å²) in [5.74, 6) is -1.92. The van der Waals surface area contributed by atoms with E-state index < -0.39 is 18.0 Å². The monoisotopic (exact) mass is 434 g/mol. The highest BCUT2D eigenvalue weighted by molar-refractivity contribution is 5.70. The van der Waals surface area contributed by atoms with Crippen molar-refractivity contribution in [3.63, 3.8) is 0 Å². The van der Waals surface area contributed by atoms with Crippen molar-refractivity contribution in [2.45, 2.75) is 97.7 Å². The molecule has 1 aliphatic rings. The second-order valence-corrected chi connectivity index (χ2v) is 6.71. The fraction of sp³-hybridized carbons (Fsp3) is 0.810. The molecule has 9 nitrogen and oxygen atoms in total. The number of carbonyl (C=O) groups excluding carboxylic acids is 2. The number of hydrogen-bond donors (Lipinski definition) is 2. The normalized spacial score (nSPS) is 17.3. The molecule has 0 aromatic carbocycles. The Labute approximate surface area is 179 Å². The van der Waals surface area contributed by atoms with Crippen LogP contribution in [0.1, 0.15) is 85.5 Å². The Morgan fingerprint density at radius 1 is 0.733 bits per heavy atom. The van der Waals surface area contributed by atoms with E-state index in [0.717, 1.165) is 25.7 Å². The van der Waals surface area contributed by atoms with Gasteiger partial charge in [0.15, 0.2) is 6.10 Å². The third-order valence-corrected chi connectivity index (χ3v) is 3.65. The molecule has 2 atom stereocenters. The van der Waals surface area contributed by atoms with Gasteiger partial charge < -0.3 is 24.4 Å². The summed E-state index contributed by atoms with van der Waals surface area (Å²) >= 11 is 0. The van der Waals surface area contributed by atoms with Gasteiger partial charge in [0.05, 0.1) is 13.2 Å². The molecular formula is C21H38O9. The molecule has 1 heterocycles. The van der Waals surface area contributed by atoms with Crippen LogP contribution in [-0.2, 0) is 33.4 Å². The predicted molar refractivity (Wildman–Crippen MR) is 110 cm³/mol. The predicted octanol–water partition coefficient (Wildman–Crippen LogP) is 3.57. The Morgan fingerprint density at radius 3 is 1.47 bits per heavy atom. The van der Waals surface area contributed by atoms with E-state index >= 15 is 0 Å². The van der Waals surface area contributed by atoms with Crippen LogP contribution in [0, 0.1) is 0 Å². The largest absolute Gasteiger partial charge is 0.481 e. The summed E-state index contributed by atoms with van der Waals surface area (Å²) < 4.78 is 15.9. The molecule has 176 valence electrons. The lowest BCUT2D eigenvalue weighted by Gasteiger charge is -2.30. The average molecular weight is 435 g/mol. The quantitative estimate of drug-likeness (QED) is 0.494. The molecule has 9 heteroatoms. The molecule has 0 saturated carbocycles. The molecule has 0 bridgehead atoms. The van der Waals surface area contributed by atoms with Crippen LogP contribution in [0.15, 0.2) is 0 Å². The number of carboxylic acids is 2. The van der Waals surface area contributed by atoms with Crippen molar-refractivity contribution >= 4 is 23.9 Å². The summed E-state index contributed by atoms with van der Waals surface area (Å²) in [6, 6.07) is 0. The van der Waals surface area contributed by atoms with Gasteiger partial charge in [-0.15, -0.1) is 0 Å². The Morgan fingerprint density at radius 2 is 1.13 bits per heavy atom. The first-order chi connectivity index (χ1) is 14.2. The van der Waals surface area contributed by atoms with Gasteiger partial charge in [-0.2, -0.15) is 0 Å². The number of carboxylic acid groups (broad SMARTS) is 2. The van der Waals surface area contributed by atoms with Crippen molar-refractivity contribution in [3.05, 3.63) is 0 Å². The van der Waals surface area contributed by atoms with Gasteiger partial charge in [0.25, 0.3) is 0 Å². The van der Waals surface area contributed by atoms with E-state index in [1.807, 2.05) is 27.7 Å². The second-order valence-electron chi connectivity index (χ2n) is 6.71. The fourth-order valence-electron chi connectivity index (χ4n) is 2.23. The molecule has 1 rings (SSSR count). The summed E-state index contributed by atoms with van der Waals surface area (Å²) in [5.41, 5.74) is 0. The third kappa shape index (κ3) is 19.2. The van der Waals surface area contributed by atoms with E-state index in [2.05, 4.69) is 0 Å². The van der Waals surface area contributed by atoms with Crippen LogP contribution >= 0.6 is 0 Å². The molecule has 0 unspecified atom stereocenters. The SMILES string of the molecule is CCCC(=O)O.CCCC(=O)O.CCCC(=O)O[C@H]1COCC[C@H]1OC(=O)CCC. The molecule has 0 aromatic heterocycles. The number of hydrogen-bond acceptors (Lipinski definition) is 7. The molecule has 1 saturated heterocycles. The number of aliphatic carboxylic acids is 2. The number of esters is 2. The molecule has 30 heavy (non-hydrogen) atoms. The van der Waals surface area contributed by atoms with Gasteiger partial charge in [-0.25, -0.2) is 0 Å². The highest BCUT2D eigenvalue weighted by atomic mass is 16.6. The highest BCUT2D eigenvalue weighted by Gasteiger charge is 2.31. The molecule has 1 aliphatic heterocycles. The van der Waals surface area contributed by atoms with Crippen molar-refractivity contribution in [3.8, 4) is 0 Å². The van der Waals surface area contributed by atoms with Crippen LogP contribution in [0.3, 0.4) is 0 Å². The minimum absolute atomic E-state index is 0.235. The molecule has 2 N–H and O–H groups in total. The number of ether oxygens (including phenoxy) is 3. The zero-order chi connectivity index (χ0) is 23.4. The zero-order valence-electron chi connectivity index (χ0n) is 18.7. The lowest BCUT2D eigenvalue weighted by Crippen LogP contribution is -2.43. The van der Waals surface area contributed by atoms with Crippen LogP contribution in [0.5, 0.6) is 0 Å². The topological polar surface area (TPSA) is 136 Å². The van der Waals surface area contributed by atoms with E-state index in [-0.39, 0.29) is 18.0 Å². The maximum atomic E-state index is 11.5. The number of rotatable bonds is 10. The lowest BCUT2D eigenvalue weighted by atomic mass is 10.1. The molecule has 0 aliphatic carbocycles. The average Bonchev–Trinajstić information content (AvgIpc) is 2.64. The van der Waals surface area contributed by atoms with Crippen LogP contribution in [0.4, 0.5) is 0 Å². The van der Waals surface area contributed by atoms with Gasteiger partial charge in [0.2, 0.25) is 0 Å². The summed E-state index contributed by atoms with van der Waals surface area (Å²) in [6.07, 6.45) is 4.08. The molecular weight excluding hydrogens is 396 g/mol. The molecule has 0 radical (unpaired) electrons. The van der Waals surface area contributed by atoms with Crippen molar-refractivity contribution in [1.29, 1.82) is 0 Å². The first-order valence-electron chi connectivity index (χ1n) is 10.6. The van der Waals surface area contributed by atoms with Crippen LogP contribution in [0.2, 0.25) is 0 Å². The Kier molecular flexibility index (Phi) is 20.2. The van der Waals surface area contributed by atoms with Gasteiger partial charge >= 0.3 is 23.9 Å². The maximum absolute atomic E-state index is 11.5. The van der Waals surface area contributed by atoms with Gasteiger partial charge in [0.1, 0.15) is 6.10 Å². The van der Waals surface area contributed by atoms with Crippen LogP contribution in [-0.4, -0.2) is 59.5 Å². The summed E-state index contributed by atoms with van der Waals surface area (Å²) in [7, 11) is 0. The fourth-order valence-corrected chi connectivity index (χ4v) is 2.23. The maximum Gasteiger partial charge on any atom is 0.306 e. The standard InChI is InChI=1S/C13H22O5.2C4H8O2/c1-3-5-12(14)17-10-7-8-16-9-11(10)18-13(15)6-4-2;2*1-2-3-4(5)6/h10-11H,3-9H2,1-2H3;2*2-3H2,1H3,(H,5,6)/t10-,11+;;/m1../s1. The summed E-state index contributed by atoms with van der Waals surface area (Å²) in [4.78, 5) is 42.1. The van der Waals surface area contributed by atoms with Crippen molar-refractivity contribution in [1.82, 2.24) is 0 Å². The summed E-state index contributed by atoms with van der Waals surface area (Å²) in [5, 5.41) is 15.8. The zero-order valence-corrected chi connectivity index (χ0v) is 18.7. The molecule has 0 spiro atoms.